The highest BCUT2D eigenvalue weighted by Gasteiger charge is 2.19. The molecule has 16 heavy (non-hydrogen) atoms. The third-order valence-electron chi connectivity index (χ3n) is 3.47. The highest BCUT2D eigenvalue weighted by Crippen LogP contribution is 2.27. The Morgan fingerprint density at radius 2 is 2.00 bits per heavy atom. The van der Waals surface area contributed by atoms with Crippen molar-refractivity contribution in [2.75, 3.05) is 6.54 Å². The predicted octanol–water partition coefficient (Wildman–Crippen LogP) is 3.36. The highest BCUT2D eigenvalue weighted by molar-refractivity contribution is 5.24. The van der Waals surface area contributed by atoms with Gasteiger partial charge >= 0.3 is 0 Å². The van der Waals surface area contributed by atoms with Crippen molar-refractivity contribution < 1.29 is 0 Å². The molecule has 0 aromatic carbocycles. The molecular formula is C14H24N2. The second-order valence-electron chi connectivity index (χ2n) is 5.36. The molecule has 0 aliphatic heterocycles. The van der Waals surface area contributed by atoms with Crippen molar-refractivity contribution in [3.63, 3.8) is 0 Å². The van der Waals surface area contributed by atoms with Gasteiger partial charge in [0.05, 0.1) is 6.07 Å². The highest BCUT2D eigenvalue weighted by atomic mass is 15.2. The van der Waals surface area contributed by atoms with E-state index in [1.807, 2.05) is 0 Å². The molecule has 2 nitrogen and oxygen atoms in total. The van der Waals surface area contributed by atoms with Crippen LogP contribution < -0.4 is 0 Å². The first kappa shape index (κ1) is 13.3. The molecule has 1 rings (SSSR count). The lowest BCUT2D eigenvalue weighted by molar-refractivity contribution is 0.163. The van der Waals surface area contributed by atoms with Crippen molar-refractivity contribution in [2.24, 2.45) is 5.92 Å². The molecule has 0 aromatic rings. The molecule has 0 fully saturated rings. The van der Waals surface area contributed by atoms with Crippen molar-refractivity contribution in [1.82, 2.24) is 4.90 Å². The standard InChI is InChI=1S/C14H24N2/c1-11(2)16(12(3)4)8-7-13-5-6-14(9-13)10-15/h6,11-13H,5,7-9H2,1-4H3. The third kappa shape index (κ3) is 3.64. The van der Waals surface area contributed by atoms with Gasteiger partial charge in [-0.15, -0.1) is 0 Å². The first-order chi connectivity index (χ1) is 7.54. The van der Waals surface area contributed by atoms with Gasteiger partial charge in [0.15, 0.2) is 0 Å². The third-order valence-corrected chi connectivity index (χ3v) is 3.47. The minimum absolute atomic E-state index is 0.616. The van der Waals surface area contributed by atoms with Crippen LogP contribution in [0.15, 0.2) is 11.6 Å². The summed E-state index contributed by atoms with van der Waals surface area (Å²) in [6.45, 7) is 10.2. The Morgan fingerprint density at radius 1 is 1.38 bits per heavy atom. The van der Waals surface area contributed by atoms with Crippen LogP contribution in [0.5, 0.6) is 0 Å². The molecule has 1 atom stereocenters. The van der Waals surface area contributed by atoms with E-state index in [0.29, 0.717) is 18.0 Å². The van der Waals surface area contributed by atoms with E-state index < -0.39 is 0 Å². The Kier molecular flexibility index (Phi) is 5.02. The van der Waals surface area contributed by atoms with E-state index >= 15 is 0 Å². The lowest BCUT2D eigenvalue weighted by Crippen LogP contribution is -2.38. The molecule has 0 aromatic heterocycles. The van der Waals surface area contributed by atoms with Gasteiger partial charge in [0, 0.05) is 17.7 Å². The lowest BCUT2D eigenvalue weighted by atomic mass is 10.0. The van der Waals surface area contributed by atoms with Crippen molar-refractivity contribution in [3.8, 4) is 6.07 Å². The number of allylic oxidation sites excluding steroid dienone is 2. The lowest BCUT2D eigenvalue weighted by Gasteiger charge is -2.31. The smallest absolute Gasteiger partial charge is 0.0943 e. The van der Waals surface area contributed by atoms with Gasteiger partial charge in [0.25, 0.3) is 0 Å². The van der Waals surface area contributed by atoms with Crippen LogP contribution in [0.3, 0.4) is 0 Å². The first-order valence-electron chi connectivity index (χ1n) is 6.39. The van der Waals surface area contributed by atoms with Crippen LogP contribution in [0, 0.1) is 17.2 Å². The maximum Gasteiger partial charge on any atom is 0.0943 e. The molecule has 0 saturated carbocycles. The number of hydrogen-bond donors (Lipinski definition) is 0. The average Bonchev–Trinajstić information content (AvgIpc) is 2.65. The van der Waals surface area contributed by atoms with Crippen molar-refractivity contribution in [1.29, 1.82) is 5.26 Å². The van der Waals surface area contributed by atoms with E-state index in [4.69, 9.17) is 5.26 Å². The number of nitriles is 1. The van der Waals surface area contributed by atoms with Gasteiger partial charge in [-0.1, -0.05) is 6.08 Å². The molecule has 0 bridgehead atoms. The zero-order valence-corrected chi connectivity index (χ0v) is 11.0. The summed E-state index contributed by atoms with van der Waals surface area (Å²) in [5, 5.41) is 8.81. The summed E-state index contributed by atoms with van der Waals surface area (Å²) in [6, 6.07) is 3.51. The van der Waals surface area contributed by atoms with Crippen molar-refractivity contribution >= 4 is 0 Å². The van der Waals surface area contributed by atoms with E-state index in [1.54, 1.807) is 0 Å². The summed E-state index contributed by atoms with van der Waals surface area (Å²) in [4.78, 5) is 2.53. The SMILES string of the molecule is CC(C)N(CCC1CC=C(C#N)C1)C(C)C. The predicted molar refractivity (Wildman–Crippen MR) is 68.0 cm³/mol. The van der Waals surface area contributed by atoms with Gasteiger partial charge in [0.2, 0.25) is 0 Å². The molecule has 0 N–H and O–H groups in total. The van der Waals surface area contributed by atoms with E-state index in [0.717, 1.165) is 25.0 Å². The molecule has 2 heteroatoms. The van der Waals surface area contributed by atoms with Crippen LogP contribution in [-0.2, 0) is 0 Å². The van der Waals surface area contributed by atoms with Crippen LogP contribution in [0.25, 0.3) is 0 Å². The summed E-state index contributed by atoms with van der Waals surface area (Å²) in [6.07, 6.45) is 5.44. The quantitative estimate of drug-likeness (QED) is 0.710. The molecule has 0 spiro atoms. The largest absolute Gasteiger partial charge is 0.299 e. The summed E-state index contributed by atoms with van der Waals surface area (Å²) in [7, 11) is 0. The molecule has 1 aliphatic rings. The molecule has 0 heterocycles. The minimum Gasteiger partial charge on any atom is -0.299 e. The summed E-state index contributed by atoms with van der Waals surface area (Å²) in [5.74, 6) is 0.703. The Balaban J connectivity index is 2.33. The van der Waals surface area contributed by atoms with Gasteiger partial charge in [-0.25, -0.2) is 0 Å². The zero-order chi connectivity index (χ0) is 12.1. The van der Waals surface area contributed by atoms with E-state index in [9.17, 15) is 0 Å². The van der Waals surface area contributed by atoms with Crippen LogP contribution in [0.1, 0.15) is 47.0 Å². The number of rotatable bonds is 5. The molecule has 0 amide bonds. The van der Waals surface area contributed by atoms with Crippen molar-refractivity contribution in [2.45, 2.75) is 59.0 Å². The van der Waals surface area contributed by atoms with Gasteiger partial charge in [0.1, 0.15) is 0 Å². The normalized spacial score (nSPS) is 20.6. The summed E-state index contributed by atoms with van der Waals surface area (Å²) >= 11 is 0. The molecular weight excluding hydrogens is 196 g/mol. The molecule has 0 saturated heterocycles. The summed E-state index contributed by atoms with van der Waals surface area (Å²) in [5.41, 5.74) is 0.991. The maximum atomic E-state index is 8.81. The number of hydrogen-bond acceptors (Lipinski definition) is 2. The fourth-order valence-corrected chi connectivity index (χ4v) is 2.54. The topological polar surface area (TPSA) is 27.0 Å². The van der Waals surface area contributed by atoms with Crippen LogP contribution >= 0.6 is 0 Å². The van der Waals surface area contributed by atoms with Crippen LogP contribution in [0.4, 0.5) is 0 Å². The Morgan fingerprint density at radius 3 is 2.44 bits per heavy atom. The zero-order valence-electron chi connectivity index (χ0n) is 11.0. The second-order valence-corrected chi connectivity index (χ2v) is 5.36. The van der Waals surface area contributed by atoms with Gasteiger partial charge < -0.3 is 0 Å². The average molecular weight is 220 g/mol. The Bertz CT molecular complexity index is 276. The van der Waals surface area contributed by atoms with Gasteiger partial charge in [-0.05, 0) is 59.4 Å². The first-order valence-corrected chi connectivity index (χ1v) is 6.39. The molecule has 1 unspecified atom stereocenters. The minimum atomic E-state index is 0.616. The maximum absolute atomic E-state index is 8.81. The van der Waals surface area contributed by atoms with E-state index in [-0.39, 0.29) is 0 Å². The van der Waals surface area contributed by atoms with Crippen LogP contribution in [-0.4, -0.2) is 23.5 Å². The van der Waals surface area contributed by atoms with Crippen LogP contribution in [0.2, 0.25) is 0 Å². The van der Waals surface area contributed by atoms with E-state index in [1.165, 1.54) is 6.42 Å². The Hall–Kier alpha value is -0.810. The number of nitrogens with zero attached hydrogens (tertiary/aromatic N) is 2. The fourth-order valence-electron chi connectivity index (χ4n) is 2.54. The van der Waals surface area contributed by atoms with Gasteiger partial charge in [-0.2, -0.15) is 5.26 Å². The molecule has 1 aliphatic carbocycles. The summed E-state index contributed by atoms with van der Waals surface area (Å²) < 4.78 is 0. The molecule has 0 radical (unpaired) electrons. The monoisotopic (exact) mass is 220 g/mol. The van der Waals surface area contributed by atoms with Crippen molar-refractivity contribution in [3.05, 3.63) is 11.6 Å². The molecule has 90 valence electrons. The Labute approximate surface area is 99.9 Å². The second kappa shape index (κ2) is 6.06. The van der Waals surface area contributed by atoms with E-state index in [2.05, 4.69) is 44.7 Å². The fraction of sp³-hybridized carbons (Fsp3) is 0.786. The van der Waals surface area contributed by atoms with Gasteiger partial charge in [-0.3, -0.25) is 4.90 Å².